The molecule has 6 atom stereocenters. The minimum Gasteiger partial charge on any atom is -0.479 e. The second kappa shape index (κ2) is 62.9. The monoisotopic (exact) mass is 1230 g/mol. The number of esters is 3. The number of aliphatic carboxylic acids is 1. The zero-order valence-corrected chi connectivity index (χ0v) is 56.3. The lowest BCUT2D eigenvalue weighted by molar-refractivity contribution is -0.301. The summed E-state index contributed by atoms with van der Waals surface area (Å²) in [5.74, 6) is -3.09. The van der Waals surface area contributed by atoms with E-state index in [4.69, 9.17) is 23.7 Å². The van der Waals surface area contributed by atoms with Crippen LogP contribution in [0.2, 0.25) is 0 Å². The summed E-state index contributed by atoms with van der Waals surface area (Å²) in [4.78, 5) is 51.6. The van der Waals surface area contributed by atoms with Crippen LogP contribution in [0.3, 0.4) is 0 Å². The average Bonchev–Trinajstić information content (AvgIpc) is 2.56. The third-order valence-corrected chi connectivity index (χ3v) is 16.9. The van der Waals surface area contributed by atoms with Crippen LogP contribution in [0, 0.1) is 0 Å². The molecule has 1 aliphatic heterocycles. The number of ether oxygens (including phenoxy) is 5. The van der Waals surface area contributed by atoms with Crippen molar-refractivity contribution in [1.29, 1.82) is 0 Å². The molecule has 0 spiro atoms. The number of aliphatic hydroxyl groups is 2. The molecule has 0 radical (unpaired) electrons. The predicted octanol–water partition coefficient (Wildman–Crippen LogP) is 20.5. The molecule has 0 aliphatic carbocycles. The summed E-state index contributed by atoms with van der Waals surface area (Å²) < 4.78 is 28.7. The van der Waals surface area contributed by atoms with Gasteiger partial charge >= 0.3 is 23.9 Å². The van der Waals surface area contributed by atoms with E-state index in [-0.39, 0.29) is 25.9 Å². The predicted molar refractivity (Wildman–Crippen MR) is 359 cm³/mol. The number of aliphatic hydroxyl groups excluding tert-OH is 2. The number of carbonyl (C=O) groups is 4. The molecule has 1 fully saturated rings. The molecule has 12 heteroatoms. The standard InChI is InChI=1S/C75H134O12/c1-4-7-10-13-16-19-22-25-28-31-34-37-40-43-46-49-52-55-58-61-67(76)83-64-66(85-68(77)62-59-56-53-50-47-44-41-38-35-32-29-26-23-20-17-14-11-8-5-2)65-84-75-73(71(80)70(79)72(87-75)74(81)82)86-69(78)63-60-57-54-51-48-45-42-39-36-33-30-27-24-21-18-15-12-9-6-3/h16,18-19,21,25,27-28,30,66,70-73,75,79-80H,4-15,17,20,22-24,26,29,31-65H2,1-3H3,(H,81,82)/b19-16-,21-18-,28-25-,30-27-. The lowest BCUT2D eigenvalue weighted by Gasteiger charge is -2.40. The maximum Gasteiger partial charge on any atom is 0.335 e. The molecule has 1 saturated heterocycles. The van der Waals surface area contributed by atoms with E-state index in [1.54, 1.807) is 0 Å². The number of carbonyl (C=O) groups excluding carboxylic acids is 3. The van der Waals surface area contributed by atoms with Crippen molar-refractivity contribution in [3.63, 3.8) is 0 Å². The highest BCUT2D eigenvalue weighted by Crippen LogP contribution is 2.27. The van der Waals surface area contributed by atoms with Gasteiger partial charge in [0, 0.05) is 19.3 Å². The third-order valence-electron chi connectivity index (χ3n) is 16.9. The van der Waals surface area contributed by atoms with Crippen LogP contribution >= 0.6 is 0 Å². The number of carboxylic acid groups (broad SMARTS) is 1. The van der Waals surface area contributed by atoms with Crippen LogP contribution in [0.15, 0.2) is 48.6 Å². The summed E-state index contributed by atoms with van der Waals surface area (Å²) in [6.07, 6.45) is 66.3. The Morgan fingerprint density at radius 1 is 0.379 bits per heavy atom. The van der Waals surface area contributed by atoms with E-state index in [2.05, 4.69) is 69.4 Å². The molecule has 0 saturated carbocycles. The van der Waals surface area contributed by atoms with E-state index < -0.39 is 67.3 Å². The first-order valence-corrected chi connectivity index (χ1v) is 36.6. The second-order valence-corrected chi connectivity index (χ2v) is 25.2. The van der Waals surface area contributed by atoms with Crippen molar-refractivity contribution < 1.29 is 58.2 Å². The first-order valence-electron chi connectivity index (χ1n) is 36.6. The third kappa shape index (κ3) is 52.1. The van der Waals surface area contributed by atoms with Crippen LogP contribution < -0.4 is 0 Å². The van der Waals surface area contributed by atoms with Crippen LogP contribution in [0.4, 0.5) is 0 Å². The summed E-state index contributed by atoms with van der Waals surface area (Å²) in [6.45, 7) is 6.02. The van der Waals surface area contributed by atoms with E-state index in [1.165, 1.54) is 205 Å². The highest BCUT2D eigenvalue weighted by atomic mass is 16.7. The lowest BCUT2D eigenvalue weighted by Crippen LogP contribution is -2.61. The Morgan fingerprint density at radius 2 is 0.690 bits per heavy atom. The SMILES string of the molecule is CCCCC/C=C\C/C=C\CCCCCCCCCCCC(=O)OCC(COC1OC(C(=O)O)C(O)C(O)C1OC(=O)CCCCCCCCCCC/C=C\C/C=C\CCCCC)OC(=O)CCCCCCCCCCCCCCCCCCCCC. The first-order chi connectivity index (χ1) is 42.6. The van der Waals surface area contributed by atoms with Gasteiger partial charge in [0.05, 0.1) is 6.61 Å². The van der Waals surface area contributed by atoms with Crippen LogP contribution in [0.25, 0.3) is 0 Å². The van der Waals surface area contributed by atoms with Crippen LogP contribution in [0.5, 0.6) is 0 Å². The topological polar surface area (TPSA) is 175 Å². The summed E-state index contributed by atoms with van der Waals surface area (Å²) >= 11 is 0. The van der Waals surface area contributed by atoms with E-state index in [0.29, 0.717) is 19.3 Å². The summed E-state index contributed by atoms with van der Waals surface area (Å²) in [5, 5.41) is 31.7. The van der Waals surface area contributed by atoms with E-state index >= 15 is 0 Å². The van der Waals surface area contributed by atoms with Crippen molar-refractivity contribution in [2.24, 2.45) is 0 Å². The van der Waals surface area contributed by atoms with Gasteiger partial charge in [-0.2, -0.15) is 0 Å². The minimum absolute atomic E-state index is 0.0580. The van der Waals surface area contributed by atoms with Crippen molar-refractivity contribution in [3.8, 4) is 0 Å². The van der Waals surface area contributed by atoms with Gasteiger partial charge in [-0.1, -0.05) is 301 Å². The van der Waals surface area contributed by atoms with Gasteiger partial charge in [0.2, 0.25) is 0 Å². The summed E-state index contributed by atoms with van der Waals surface area (Å²) in [6, 6.07) is 0. The van der Waals surface area contributed by atoms with Gasteiger partial charge < -0.3 is 39.0 Å². The molecule has 0 amide bonds. The second-order valence-electron chi connectivity index (χ2n) is 25.2. The van der Waals surface area contributed by atoms with Crippen molar-refractivity contribution in [2.75, 3.05) is 13.2 Å². The molecule has 1 rings (SSSR count). The molecule has 1 heterocycles. The molecule has 0 aromatic rings. The molecule has 1 aliphatic rings. The molecule has 0 bridgehead atoms. The number of hydrogen-bond donors (Lipinski definition) is 3. The summed E-state index contributed by atoms with van der Waals surface area (Å²) in [5.41, 5.74) is 0. The van der Waals surface area contributed by atoms with E-state index in [1.807, 2.05) is 0 Å². The Hall–Kier alpha value is -3.32. The Kier molecular flexibility index (Phi) is 59.0. The van der Waals surface area contributed by atoms with Gasteiger partial charge in [-0.3, -0.25) is 14.4 Å². The van der Waals surface area contributed by atoms with Gasteiger partial charge in [0.25, 0.3) is 0 Å². The maximum absolute atomic E-state index is 13.3. The maximum atomic E-state index is 13.3. The van der Waals surface area contributed by atoms with Crippen LogP contribution in [-0.4, -0.2) is 89.2 Å². The Morgan fingerprint density at radius 3 is 1.06 bits per heavy atom. The highest BCUT2D eigenvalue weighted by Gasteiger charge is 2.50. The number of carboxylic acids is 1. The normalized spacial score (nSPS) is 17.6. The zero-order chi connectivity index (χ0) is 63.1. The molecule has 506 valence electrons. The molecule has 6 unspecified atom stereocenters. The van der Waals surface area contributed by atoms with Crippen molar-refractivity contribution in [1.82, 2.24) is 0 Å². The fourth-order valence-electron chi connectivity index (χ4n) is 11.3. The van der Waals surface area contributed by atoms with Crippen molar-refractivity contribution >= 4 is 23.9 Å². The van der Waals surface area contributed by atoms with E-state index in [9.17, 15) is 34.5 Å². The van der Waals surface area contributed by atoms with Crippen molar-refractivity contribution in [2.45, 2.75) is 391 Å². The Labute approximate surface area is 533 Å². The van der Waals surface area contributed by atoms with Crippen LogP contribution in [-0.2, 0) is 42.9 Å². The van der Waals surface area contributed by atoms with Gasteiger partial charge in [-0.25, -0.2) is 4.79 Å². The Balaban J connectivity index is 2.61. The summed E-state index contributed by atoms with van der Waals surface area (Å²) in [7, 11) is 0. The fraction of sp³-hybridized carbons (Fsp3) is 0.840. The minimum atomic E-state index is -1.90. The molecular weight excluding hydrogens is 1090 g/mol. The number of allylic oxidation sites excluding steroid dienone is 8. The largest absolute Gasteiger partial charge is 0.479 e. The van der Waals surface area contributed by atoms with Gasteiger partial charge in [-0.15, -0.1) is 0 Å². The number of rotatable bonds is 64. The Bertz CT molecular complexity index is 1690. The van der Waals surface area contributed by atoms with Gasteiger partial charge in [0.15, 0.2) is 24.6 Å². The first kappa shape index (κ1) is 81.7. The smallest absolute Gasteiger partial charge is 0.335 e. The van der Waals surface area contributed by atoms with Crippen molar-refractivity contribution in [3.05, 3.63) is 48.6 Å². The highest BCUT2D eigenvalue weighted by molar-refractivity contribution is 5.74. The molecule has 3 N–H and O–H groups in total. The molecule has 12 nitrogen and oxygen atoms in total. The number of unbranched alkanes of at least 4 members (excludes halogenated alkanes) is 42. The number of hydrogen-bond acceptors (Lipinski definition) is 11. The average molecular weight is 1230 g/mol. The van der Waals surface area contributed by atoms with Gasteiger partial charge in [0.1, 0.15) is 18.8 Å². The van der Waals surface area contributed by atoms with E-state index in [0.717, 1.165) is 89.9 Å². The van der Waals surface area contributed by atoms with Gasteiger partial charge in [-0.05, 0) is 83.5 Å². The van der Waals surface area contributed by atoms with Crippen LogP contribution in [0.1, 0.15) is 355 Å². The molecule has 87 heavy (non-hydrogen) atoms. The molecular formula is C75H134O12. The quantitative estimate of drug-likeness (QED) is 0.0228. The molecule has 0 aromatic carbocycles. The molecule has 0 aromatic heterocycles. The fourth-order valence-corrected chi connectivity index (χ4v) is 11.3. The lowest BCUT2D eigenvalue weighted by atomic mass is 9.98. The zero-order valence-electron chi connectivity index (χ0n) is 56.3.